The maximum Gasteiger partial charge on any atom is 0.241 e. The lowest BCUT2D eigenvalue weighted by atomic mass is 10.1. The molecule has 0 bridgehead atoms. The third kappa shape index (κ3) is 4.99. The van der Waals surface area contributed by atoms with Crippen molar-refractivity contribution < 1.29 is 22.7 Å². The molecular formula is C19H24N2O5S. The minimum absolute atomic E-state index is 0.194. The first-order valence-electron chi connectivity index (χ1n) is 8.27. The molecule has 0 unspecified atom stereocenters. The molecule has 2 aromatic carbocycles. The number of nitrogens with one attached hydrogen (secondary N) is 2. The lowest BCUT2D eigenvalue weighted by molar-refractivity contribution is -0.115. The lowest BCUT2D eigenvalue weighted by Crippen LogP contribution is -2.33. The van der Waals surface area contributed by atoms with Crippen LogP contribution in [0.2, 0.25) is 0 Å². The Labute approximate surface area is 159 Å². The van der Waals surface area contributed by atoms with E-state index in [4.69, 9.17) is 9.47 Å². The minimum atomic E-state index is -3.82. The lowest BCUT2D eigenvalue weighted by Gasteiger charge is -2.14. The highest BCUT2D eigenvalue weighted by atomic mass is 32.2. The predicted octanol–water partition coefficient (Wildman–Crippen LogP) is 2.55. The van der Waals surface area contributed by atoms with E-state index in [0.717, 1.165) is 5.56 Å². The van der Waals surface area contributed by atoms with Crippen LogP contribution in [0.15, 0.2) is 35.2 Å². The number of carbonyl (C=O) groups excluding carboxylic acids is 1. The second kappa shape index (κ2) is 8.41. The highest BCUT2D eigenvalue weighted by Crippen LogP contribution is 2.28. The Hall–Kier alpha value is -2.58. The maximum absolute atomic E-state index is 12.6. The zero-order valence-corrected chi connectivity index (χ0v) is 16.9. The Kier molecular flexibility index (Phi) is 6.45. The second-order valence-corrected chi connectivity index (χ2v) is 7.87. The number of hydrogen-bond donors (Lipinski definition) is 2. The number of rotatable bonds is 7. The van der Waals surface area contributed by atoms with Crippen LogP contribution < -0.4 is 19.5 Å². The van der Waals surface area contributed by atoms with E-state index >= 15 is 0 Å². The molecule has 0 aliphatic heterocycles. The van der Waals surface area contributed by atoms with E-state index in [-0.39, 0.29) is 4.90 Å². The molecule has 8 heteroatoms. The molecule has 2 rings (SSSR count). The molecule has 0 atom stereocenters. The van der Waals surface area contributed by atoms with Gasteiger partial charge in [0.2, 0.25) is 15.9 Å². The van der Waals surface area contributed by atoms with E-state index in [1.165, 1.54) is 14.2 Å². The molecule has 0 heterocycles. The molecule has 2 N–H and O–H groups in total. The summed E-state index contributed by atoms with van der Waals surface area (Å²) in [6.07, 6.45) is 0. The van der Waals surface area contributed by atoms with Gasteiger partial charge in [-0.25, -0.2) is 13.1 Å². The summed E-state index contributed by atoms with van der Waals surface area (Å²) in [6.45, 7) is 4.96. The number of methoxy groups -OCH3 is 2. The van der Waals surface area contributed by atoms with Gasteiger partial charge in [-0.05, 0) is 44.0 Å². The van der Waals surface area contributed by atoms with E-state index in [9.17, 15) is 13.2 Å². The Morgan fingerprint density at radius 1 is 1.00 bits per heavy atom. The van der Waals surface area contributed by atoms with Crippen molar-refractivity contribution in [2.75, 3.05) is 26.1 Å². The summed E-state index contributed by atoms with van der Waals surface area (Å²) < 4.78 is 37.9. The van der Waals surface area contributed by atoms with Gasteiger partial charge in [-0.15, -0.1) is 0 Å². The number of hydrogen-bond acceptors (Lipinski definition) is 5. The van der Waals surface area contributed by atoms with E-state index in [1.807, 2.05) is 6.92 Å². The fourth-order valence-corrected chi connectivity index (χ4v) is 4.36. The first kappa shape index (κ1) is 20.7. The molecular weight excluding hydrogens is 368 g/mol. The highest BCUT2D eigenvalue weighted by molar-refractivity contribution is 7.89. The maximum atomic E-state index is 12.6. The third-order valence-electron chi connectivity index (χ3n) is 3.98. The summed E-state index contributed by atoms with van der Waals surface area (Å²) in [4.78, 5) is 12.4. The van der Waals surface area contributed by atoms with Gasteiger partial charge in [0.15, 0.2) is 0 Å². The number of benzene rings is 2. The first-order chi connectivity index (χ1) is 12.7. The van der Waals surface area contributed by atoms with Crippen LogP contribution in [0.3, 0.4) is 0 Å². The molecule has 0 saturated carbocycles. The Morgan fingerprint density at radius 2 is 1.63 bits per heavy atom. The van der Waals surface area contributed by atoms with Gasteiger partial charge in [0.25, 0.3) is 0 Å². The predicted molar refractivity (Wildman–Crippen MR) is 104 cm³/mol. The van der Waals surface area contributed by atoms with Crippen LogP contribution in [-0.2, 0) is 14.8 Å². The van der Waals surface area contributed by atoms with Crippen LogP contribution in [0, 0.1) is 20.8 Å². The molecule has 7 nitrogen and oxygen atoms in total. The first-order valence-corrected chi connectivity index (χ1v) is 9.75. The van der Waals surface area contributed by atoms with Gasteiger partial charge >= 0.3 is 0 Å². The average Bonchev–Trinajstić information content (AvgIpc) is 2.58. The van der Waals surface area contributed by atoms with Crippen molar-refractivity contribution in [3.63, 3.8) is 0 Å². The van der Waals surface area contributed by atoms with Gasteiger partial charge in [0.1, 0.15) is 11.5 Å². The number of anilines is 1. The topological polar surface area (TPSA) is 93.7 Å². The van der Waals surface area contributed by atoms with Crippen molar-refractivity contribution in [2.45, 2.75) is 25.7 Å². The zero-order chi connectivity index (χ0) is 20.2. The average molecular weight is 392 g/mol. The van der Waals surface area contributed by atoms with Crippen LogP contribution in [-0.4, -0.2) is 35.1 Å². The smallest absolute Gasteiger partial charge is 0.241 e. The third-order valence-corrected chi connectivity index (χ3v) is 5.68. The molecule has 0 spiro atoms. The second-order valence-electron chi connectivity index (χ2n) is 6.17. The minimum Gasteiger partial charge on any atom is -0.497 e. The van der Waals surface area contributed by atoms with Gasteiger partial charge in [0, 0.05) is 6.07 Å². The van der Waals surface area contributed by atoms with Crippen molar-refractivity contribution in [2.24, 2.45) is 0 Å². The molecule has 0 fully saturated rings. The monoisotopic (exact) mass is 392 g/mol. The zero-order valence-electron chi connectivity index (χ0n) is 16.0. The number of aryl methyl sites for hydroxylation is 3. The largest absolute Gasteiger partial charge is 0.497 e. The van der Waals surface area contributed by atoms with Crippen LogP contribution >= 0.6 is 0 Å². The molecule has 0 aromatic heterocycles. The SMILES string of the molecule is COc1ccc(OC)c(NC(=O)CNS(=O)(=O)c2c(C)cc(C)cc2C)c1. The molecule has 0 radical (unpaired) electrons. The number of amides is 1. The standard InChI is InChI=1S/C19H24N2O5S/c1-12-8-13(2)19(14(3)9-12)27(23,24)20-11-18(22)21-16-10-15(25-4)6-7-17(16)26-5/h6-10,20H,11H2,1-5H3,(H,21,22). The fourth-order valence-electron chi connectivity index (χ4n) is 2.93. The Balaban J connectivity index is 2.14. The highest BCUT2D eigenvalue weighted by Gasteiger charge is 2.21. The number of ether oxygens (including phenoxy) is 2. The van der Waals surface area contributed by atoms with Gasteiger partial charge < -0.3 is 14.8 Å². The van der Waals surface area contributed by atoms with Crippen molar-refractivity contribution in [1.82, 2.24) is 4.72 Å². The van der Waals surface area contributed by atoms with Crippen LogP contribution in [0.25, 0.3) is 0 Å². The summed E-state index contributed by atoms with van der Waals surface area (Å²) in [5.41, 5.74) is 2.64. The molecule has 146 valence electrons. The van der Waals surface area contributed by atoms with E-state index in [0.29, 0.717) is 28.3 Å². The molecule has 0 saturated heterocycles. The summed E-state index contributed by atoms with van der Waals surface area (Å²) in [7, 11) is -0.838. The Morgan fingerprint density at radius 3 is 2.19 bits per heavy atom. The van der Waals surface area contributed by atoms with Gasteiger partial charge in [-0.3, -0.25) is 4.79 Å². The van der Waals surface area contributed by atoms with Crippen LogP contribution in [0.1, 0.15) is 16.7 Å². The molecule has 27 heavy (non-hydrogen) atoms. The molecule has 1 amide bonds. The van der Waals surface area contributed by atoms with Gasteiger partial charge in [0.05, 0.1) is 31.3 Å². The van der Waals surface area contributed by atoms with E-state index in [1.54, 1.807) is 44.2 Å². The van der Waals surface area contributed by atoms with Crippen LogP contribution in [0.4, 0.5) is 5.69 Å². The van der Waals surface area contributed by atoms with Crippen molar-refractivity contribution in [3.8, 4) is 11.5 Å². The van der Waals surface area contributed by atoms with Gasteiger partial charge in [-0.1, -0.05) is 17.7 Å². The van der Waals surface area contributed by atoms with Gasteiger partial charge in [-0.2, -0.15) is 0 Å². The van der Waals surface area contributed by atoms with Crippen molar-refractivity contribution in [1.29, 1.82) is 0 Å². The summed E-state index contributed by atoms with van der Waals surface area (Å²) in [6, 6.07) is 8.53. The molecule has 0 aliphatic rings. The number of carbonyl (C=O) groups is 1. The summed E-state index contributed by atoms with van der Waals surface area (Å²) in [5.74, 6) is 0.461. The Bertz CT molecular complexity index is 932. The summed E-state index contributed by atoms with van der Waals surface area (Å²) >= 11 is 0. The number of sulfonamides is 1. The van der Waals surface area contributed by atoms with Crippen LogP contribution in [0.5, 0.6) is 11.5 Å². The van der Waals surface area contributed by atoms with Crippen molar-refractivity contribution in [3.05, 3.63) is 47.0 Å². The van der Waals surface area contributed by atoms with E-state index in [2.05, 4.69) is 10.0 Å². The molecule has 2 aromatic rings. The van der Waals surface area contributed by atoms with E-state index < -0.39 is 22.5 Å². The molecule has 0 aliphatic carbocycles. The quantitative estimate of drug-likeness (QED) is 0.755. The van der Waals surface area contributed by atoms with Crippen molar-refractivity contribution >= 4 is 21.6 Å². The summed E-state index contributed by atoms with van der Waals surface area (Å²) in [5, 5.41) is 2.63. The normalized spacial score (nSPS) is 11.1. The fraction of sp³-hybridized carbons (Fsp3) is 0.316.